The molecule has 0 saturated heterocycles. The van der Waals surface area contributed by atoms with E-state index in [1.165, 1.54) is 0 Å². The van der Waals surface area contributed by atoms with E-state index in [0.717, 1.165) is 16.8 Å². The van der Waals surface area contributed by atoms with Gasteiger partial charge in [0.05, 0.1) is 22.9 Å². The SMILES string of the molecule is CC.Cc1cc(C)n(I)c(=O)c1C. The van der Waals surface area contributed by atoms with Gasteiger partial charge in [-0.05, 0) is 32.4 Å². The molecule has 0 aromatic carbocycles. The van der Waals surface area contributed by atoms with Crippen molar-refractivity contribution in [3.8, 4) is 0 Å². The van der Waals surface area contributed by atoms with E-state index < -0.39 is 0 Å². The normalized spacial score (nSPS) is 9.08. The maximum atomic E-state index is 11.4. The summed E-state index contributed by atoms with van der Waals surface area (Å²) in [5.74, 6) is 0. The highest BCUT2D eigenvalue weighted by Crippen LogP contribution is 2.06. The summed E-state index contributed by atoms with van der Waals surface area (Å²) in [5.41, 5.74) is 3.01. The van der Waals surface area contributed by atoms with Gasteiger partial charge in [0.15, 0.2) is 0 Å². The molecule has 0 radical (unpaired) electrons. The third-order valence-corrected chi connectivity index (χ3v) is 3.02. The van der Waals surface area contributed by atoms with Gasteiger partial charge in [-0.25, -0.2) is 0 Å². The van der Waals surface area contributed by atoms with E-state index >= 15 is 0 Å². The van der Waals surface area contributed by atoms with Crippen LogP contribution in [0, 0.1) is 20.8 Å². The van der Waals surface area contributed by atoms with Crippen molar-refractivity contribution in [2.24, 2.45) is 0 Å². The highest BCUT2D eigenvalue weighted by molar-refractivity contribution is 14.1. The zero-order chi connectivity index (χ0) is 10.6. The van der Waals surface area contributed by atoms with Gasteiger partial charge in [-0.1, -0.05) is 13.8 Å². The van der Waals surface area contributed by atoms with Gasteiger partial charge in [0.25, 0.3) is 5.56 Å². The summed E-state index contributed by atoms with van der Waals surface area (Å²) >= 11 is 2.02. The lowest BCUT2D eigenvalue weighted by atomic mass is 10.1. The van der Waals surface area contributed by atoms with Crippen LogP contribution in [0.25, 0.3) is 0 Å². The molecule has 0 saturated carbocycles. The van der Waals surface area contributed by atoms with Crippen LogP contribution in [0.5, 0.6) is 0 Å². The van der Waals surface area contributed by atoms with Gasteiger partial charge in [-0.2, -0.15) is 0 Å². The summed E-state index contributed by atoms with van der Waals surface area (Å²) in [6.07, 6.45) is 0. The summed E-state index contributed by atoms with van der Waals surface area (Å²) in [6.45, 7) is 9.74. The molecule has 0 amide bonds. The van der Waals surface area contributed by atoms with Crippen molar-refractivity contribution in [1.82, 2.24) is 2.78 Å². The number of halogens is 1. The number of aromatic nitrogens is 1. The molecule has 0 atom stereocenters. The topological polar surface area (TPSA) is 22.0 Å². The van der Waals surface area contributed by atoms with Crippen LogP contribution >= 0.6 is 22.9 Å². The van der Waals surface area contributed by atoms with E-state index in [0.29, 0.717) is 0 Å². The summed E-state index contributed by atoms with van der Waals surface area (Å²) < 4.78 is 1.64. The lowest BCUT2D eigenvalue weighted by Crippen LogP contribution is -2.18. The molecule has 0 aliphatic rings. The van der Waals surface area contributed by atoms with Crippen LogP contribution in [0.3, 0.4) is 0 Å². The fourth-order valence-electron chi connectivity index (χ4n) is 0.954. The van der Waals surface area contributed by atoms with E-state index in [4.69, 9.17) is 0 Å². The average molecular weight is 293 g/mol. The molecule has 1 heterocycles. The summed E-state index contributed by atoms with van der Waals surface area (Å²) in [6, 6.07) is 2.02. The number of hydrogen-bond acceptors (Lipinski definition) is 1. The highest BCUT2D eigenvalue weighted by Gasteiger charge is 2.02. The summed E-state index contributed by atoms with van der Waals surface area (Å²) in [5, 5.41) is 0. The zero-order valence-corrected chi connectivity index (χ0v) is 11.0. The van der Waals surface area contributed by atoms with Crippen molar-refractivity contribution in [3.63, 3.8) is 0 Å². The molecule has 3 heteroatoms. The monoisotopic (exact) mass is 293 g/mol. The van der Waals surface area contributed by atoms with Gasteiger partial charge in [-0.3, -0.25) is 7.58 Å². The second-order valence-electron chi connectivity index (χ2n) is 2.68. The minimum Gasteiger partial charge on any atom is -0.268 e. The predicted octanol–water partition coefficient (Wildman–Crippen LogP) is 3.00. The van der Waals surface area contributed by atoms with Crippen LogP contribution in [0.15, 0.2) is 10.9 Å². The van der Waals surface area contributed by atoms with E-state index in [1.807, 2.05) is 63.5 Å². The molecule has 0 aliphatic carbocycles. The van der Waals surface area contributed by atoms with Crippen LogP contribution in [0.4, 0.5) is 0 Å². The Labute approximate surface area is 93.5 Å². The number of hydrogen-bond donors (Lipinski definition) is 0. The van der Waals surface area contributed by atoms with Crippen LogP contribution in [0.2, 0.25) is 0 Å². The average Bonchev–Trinajstić information content (AvgIpc) is 2.15. The van der Waals surface area contributed by atoms with Crippen LogP contribution in [-0.2, 0) is 0 Å². The first-order chi connectivity index (χ1) is 6.04. The third kappa shape index (κ3) is 2.83. The fraction of sp³-hybridized carbons (Fsp3) is 0.500. The largest absolute Gasteiger partial charge is 0.268 e. The maximum Gasteiger partial charge on any atom is 0.262 e. The van der Waals surface area contributed by atoms with Crippen LogP contribution < -0.4 is 5.56 Å². The number of rotatable bonds is 0. The molecule has 0 N–H and O–H groups in total. The Morgan fingerprint density at radius 2 is 1.69 bits per heavy atom. The lowest BCUT2D eigenvalue weighted by Gasteiger charge is -2.04. The molecule has 74 valence electrons. The Morgan fingerprint density at radius 1 is 1.23 bits per heavy atom. The van der Waals surface area contributed by atoms with E-state index in [1.54, 1.807) is 2.78 Å². The summed E-state index contributed by atoms with van der Waals surface area (Å²) in [4.78, 5) is 11.4. The third-order valence-electron chi connectivity index (χ3n) is 1.83. The molecular formula is C10H16INO. The quantitative estimate of drug-likeness (QED) is 0.674. The first-order valence-electron chi connectivity index (χ1n) is 4.40. The summed E-state index contributed by atoms with van der Waals surface area (Å²) in [7, 11) is 0. The van der Waals surface area contributed by atoms with Gasteiger partial charge < -0.3 is 0 Å². The molecular weight excluding hydrogens is 277 g/mol. The van der Waals surface area contributed by atoms with E-state index in [-0.39, 0.29) is 5.56 Å². The van der Waals surface area contributed by atoms with Crippen LogP contribution in [-0.4, -0.2) is 2.78 Å². The van der Waals surface area contributed by atoms with Crippen molar-refractivity contribution in [2.45, 2.75) is 34.6 Å². The number of nitrogens with zero attached hydrogens (tertiary/aromatic N) is 1. The highest BCUT2D eigenvalue weighted by atomic mass is 127. The van der Waals surface area contributed by atoms with Gasteiger partial charge in [0.2, 0.25) is 0 Å². The van der Waals surface area contributed by atoms with Crippen molar-refractivity contribution in [2.75, 3.05) is 0 Å². The minimum atomic E-state index is 0.100. The molecule has 0 fully saturated rings. The fourth-order valence-corrected chi connectivity index (χ4v) is 1.46. The van der Waals surface area contributed by atoms with Crippen molar-refractivity contribution >= 4 is 22.9 Å². The van der Waals surface area contributed by atoms with E-state index in [2.05, 4.69) is 0 Å². The smallest absolute Gasteiger partial charge is 0.262 e. The molecule has 2 nitrogen and oxygen atoms in total. The lowest BCUT2D eigenvalue weighted by molar-refractivity contribution is 1.06. The predicted molar refractivity (Wildman–Crippen MR) is 65.7 cm³/mol. The van der Waals surface area contributed by atoms with Gasteiger partial charge >= 0.3 is 0 Å². The minimum absolute atomic E-state index is 0.100. The van der Waals surface area contributed by atoms with Crippen molar-refractivity contribution < 1.29 is 0 Å². The van der Waals surface area contributed by atoms with Gasteiger partial charge in [-0.15, -0.1) is 0 Å². The Hall–Kier alpha value is -0.320. The first-order valence-corrected chi connectivity index (χ1v) is 5.36. The Morgan fingerprint density at radius 3 is 2.15 bits per heavy atom. The molecule has 0 bridgehead atoms. The van der Waals surface area contributed by atoms with Gasteiger partial charge in [0.1, 0.15) is 0 Å². The second-order valence-corrected chi connectivity index (χ2v) is 3.64. The molecule has 0 unspecified atom stereocenters. The van der Waals surface area contributed by atoms with Crippen molar-refractivity contribution in [1.29, 1.82) is 0 Å². The first kappa shape index (κ1) is 12.7. The number of pyridine rings is 1. The second kappa shape index (κ2) is 5.42. The Bertz CT molecular complexity index is 312. The van der Waals surface area contributed by atoms with Crippen LogP contribution in [0.1, 0.15) is 30.7 Å². The molecule has 13 heavy (non-hydrogen) atoms. The van der Waals surface area contributed by atoms with Crippen molar-refractivity contribution in [3.05, 3.63) is 33.2 Å². The standard InChI is InChI=1S/C8H10INO.C2H6/c1-5-4-6(2)10(9)8(11)7(5)3;1-2/h4H,1-3H3;1-2H3. The molecule has 1 rings (SSSR count). The Balaban J connectivity index is 0.000000671. The molecule has 1 aromatic rings. The molecule has 0 spiro atoms. The van der Waals surface area contributed by atoms with Gasteiger partial charge in [0, 0.05) is 11.3 Å². The Kier molecular flexibility index (Phi) is 5.29. The van der Waals surface area contributed by atoms with E-state index in [9.17, 15) is 4.79 Å². The maximum absolute atomic E-state index is 11.4. The molecule has 0 aliphatic heterocycles. The molecule has 1 aromatic heterocycles. The zero-order valence-electron chi connectivity index (χ0n) is 8.81. The number of aryl methyl sites for hydroxylation is 2.